The van der Waals surface area contributed by atoms with Crippen molar-refractivity contribution in [3.8, 4) is 6.07 Å². The Morgan fingerprint density at radius 3 is 2.92 bits per heavy atom. The molecule has 0 amide bonds. The van der Waals surface area contributed by atoms with Crippen LogP contribution in [0.25, 0.3) is 0 Å². The molecule has 1 aliphatic rings. The topological polar surface area (TPSA) is 66.2 Å². The van der Waals surface area contributed by atoms with Crippen LogP contribution < -0.4 is 5.73 Å². The summed E-state index contributed by atoms with van der Waals surface area (Å²) < 4.78 is 5.17. The lowest BCUT2D eigenvalue weighted by Crippen LogP contribution is -2.56. The molecule has 1 saturated heterocycles. The highest BCUT2D eigenvalue weighted by Gasteiger charge is 2.32. The van der Waals surface area contributed by atoms with Gasteiger partial charge in [0, 0.05) is 19.1 Å². The Balaban J connectivity index is 2.08. The van der Waals surface area contributed by atoms with Gasteiger partial charge in [-0.3, -0.25) is 4.90 Å². The van der Waals surface area contributed by atoms with Crippen LogP contribution in [0, 0.1) is 11.3 Å². The van der Waals surface area contributed by atoms with Crippen molar-refractivity contribution >= 4 is 0 Å². The molecule has 1 atom stereocenters. The summed E-state index contributed by atoms with van der Waals surface area (Å²) in [5, 5.41) is 8.93. The fourth-order valence-electron chi connectivity index (χ4n) is 1.53. The van der Waals surface area contributed by atoms with Gasteiger partial charge in [0.05, 0.1) is 12.3 Å². The molecule has 2 heterocycles. The highest BCUT2D eigenvalue weighted by atomic mass is 16.3. The summed E-state index contributed by atoms with van der Waals surface area (Å²) in [5.74, 6) is 0.703. The zero-order chi connectivity index (χ0) is 9.26. The third-order valence-electron chi connectivity index (χ3n) is 2.24. The van der Waals surface area contributed by atoms with Crippen LogP contribution in [-0.4, -0.2) is 24.0 Å². The lowest BCUT2D eigenvalue weighted by molar-refractivity contribution is 0.109. The Morgan fingerprint density at radius 2 is 2.46 bits per heavy atom. The van der Waals surface area contributed by atoms with E-state index < -0.39 is 0 Å². The van der Waals surface area contributed by atoms with Gasteiger partial charge in [0.2, 0.25) is 0 Å². The molecule has 0 radical (unpaired) electrons. The molecule has 1 fully saturated rings. The van der Waals surface area contributed by atoms with Crippen molar-refractivity contribution in [1.29, 1.82) is 5.26 Å². The molecule has 0 bridgehead atoms. The minimum Gasteiger partial charge on any atom is -0.467 e. The smallest absolute Gasteiger partial charge is 0.156 e. The summed E-state index contributed by atoms with van der Waals surface area (Å²) in [7, 11) is 0. The maximum absolute atomic E-state index is 8.93. The van der Waals surface area contributed by atoms with Crippen LogP contribution in [0.4, 0.5) is 0 Å². The lowest BCUT2D eigenvalue weighted by atomic mass is 10.1. The van der Waals surface area contributed by atoms with Gasteiger partial charge >= 0.3 is 0 Å². The minimum absolute atomic E-state index is 0.214. The molecule has 0 aliphatic carbocycles. The van der Waals surface area contributed by atoms with E-state index in [1.807, 2.05) is 11.0 Å². The average molecular weight is 177 g/mol. The molecule has 4 heteroatoms. The molecule has 1 aromatic heterocycles. The summed E-state index contributed by atoms with van der Waals surface area (Å²) in [6, 6.07) is 5.76. The lowest BCUT2D eigenvalue weighted by Gasteiger charge is -2.38. The first-order valence-corrected chi connectivity index (χ1v) is 4.24. The summed E-state index contributed by atoms with van der Waals surface area (Å²) in [5.41, 5.74) is 5.63. The molecule has 0 unspecified atom stereocenters. The summed E-state index contributed by atoms with van der Waals surface area (Å²) in [6.45, 7) is 1.55. The van der Waals surface area contributed by atoms with E-state index in [0.717, 1.165) is 13.1 Å². The van der Waals surface area contributed by atoms with Crippen molar-refractivity contribution in [1.82, 2.24) is 4.90 Å². The summed E-state index contributed by atoms with van der Waals surface area (Å²) in [4.78, 5) is 2.00. The van der Waals surface area contributed by atoms with Gasteiger partial charge in [-0.1, -0.05) is 0 Å². The second-order valence-electron chi connectivity index (χ2n) is 3.26. The van der Waals surface area contributed by atoms with Crippen molar-refractivity contribution in [2.24, 2.45) is 5.73 Å². The van der Waals surface area contributed by atoms with E-state index in [1.54, 1.807) is 12.3 Å². The predicted molar refractivity (Wildman–Crippen MR) is 46.6 cm³/mol. The minimum atomic E-state index is -0.269. The Hall–Kier alpha value is -1.31. The van der Waals surface area contributed by atoms with Crippen LogP contribution in [0.15, 0.2) is 22.8 Å². The van der Waals surface area contributed by atoms with E-state index in [4.69, 9.17) is 15.4 Å². The monoisotopic (exact) mass is 177 g/mol. The molecule has 68 valence electrons. The van der Waals surface area contributed by atoms with Gasteiger partial charge < -0.3 is 10.2 Å². The van der Waals surface area contributed by atoms with Gasteiger partial charge in [0.25, 0.3) is 0 Å². The SMILES string of the molecule is N#C[C@@H](c1ccco1)N1CC(N)C1. The molecule has 4 nitrogen and oxygen atoms in total. The van der Waals surface area contributed by atoms with Crippen molar-refractivity contribution in [2.45, 2.75) is 12.1 Å². The van der Waals surface area contributed by atoms with Crippen molar-refractivity contribution < 1.29 is 4.42 Å². The summed E-state index contributed by atoms with van der Waals surface area (Å²) in [6.07, 6.45) is 1.58. The number of furan rings is 1. The Kier molecular flexibility index (Phi) is 2.05. The first kappa shape index (κ1) is 8.30. The molecule has 0 saturated carbocycles. The van der Waals surface area contributed by atoms with Crippen molar-refractivity contribution in [3.05, 3.63) is 24.2 Å². The van der Waals surface area contributed by atoms with Crippen LogP contribution in [0.2, 0.25) is 0 Å². The van der Waals surface area contributed by atoms with Crippen LogP contribution in [-0.2, 0) is 0 Å². The molecule has 13 heavy (non-hydrogen) atoms. The number of likely N-dealkylation sites (tertiary alicyclic amines) is 1. The standard InChI is InChI=1S/C9H11N3O/c10-4-8(9-2-1-3-13-9)12-5-7(11)6-12/h1-3,7-8H,5-6,11H2/t8-/m0/s1. The highest BCUT2D eigenvalue weighted by molar-refractivity contribution is 5.14. The molecule has 2 N–H and O–H groups in total. The van der Waals surface area contributed by atoms with E-state index in [9.17, 15) is 0 Å². The first-order chi connectivity index (χ1) is 6.31. The second kappa shape index (κ2) is 3.21. The second-order valence-corrected chi connectivity index (χ2v) is 3.26. The third-order valence-corrected chi connectivity index (χ3v) is 2.24. The van der Waals surface area contributed by atoms with Gasteiger partial charge in [-0.15, -0.1) is 0 Å². The largest absolute Gasteiger partial charge is 0.467 e. The molecule has 1 aromatic rings. The molecule has 1 aliphatic heterocycles. The number of nitrogens with two attached hydrogens (primary N) is 1. The van der Waals surface area contributed by atoms with Crippen LogP contribution in [0.1, 0.15) is 11.8 Å². The number of hydrogen-bond donors (Lipinski definition) is 1. The third kappa shape index (κ3) is 1.44. The normalized spacial score (nSPS) is 20.6. The van der Waals surface area contributed by atoms with Gasteiger partial charge in [-0.25, -0.2) is 0 Å². The number of rotatable bonds is 2. The van der Waals surface area contributed by atoms with Gasteiger partial charge in [-0.2, -0.15) is 5.26 Å². The predicted octanol–water partition coefficient (Wildman–Crippen LogP) is 0.487. The first-order valence-electron chi connectivity index (χ1n) is 4.24. The highest BCUT2D eigenvalue weighted by Crippen LogP contribution is 2.24. The maximum Gasteiger partial charge on any atom is 0.156 e. The van der Waals surface area contributed by atoms with Crippen molar-refractivity contribution in [3.63, 3.8) is 0 Å². The quantitative estimate of drug-likeness (QED) is 0.713. The molecule has 2 rings (SSSR count). The molecular weight excluding hydrogens is 166 g/mol. The van der Waals surface area contributed by atoms with E-state index in [2.05, 4.69) is 6.07 Å². The van der Waals surface area contributed by atoms with Crippen LogP contribution in [0.5, 0.6) is 0 Å². The van der Waals surface area contributed by atoms with E-state index in [0.29, 0.717) is 5.76 Å². The van der Waals surface area contributed by atoms with Gasteiger partial charge in [0.1, 0.15) is 5.76 Å². The maximum atomic E-state index is 8.93. The van der Waals surface area contributed by atoms with E-state index in [-0.39, 0.29) is 12.1 Å². The number of nitrogens with zero attached hydrogens (tertiary/aromatic N) is 2. The van der Waals surface area contributed by atoms with Gasteiger partial charge in [0.15, 0.2) is 6.04 Å². The van der Waals surface area contributed by atoms with Crippen molar-refractivity contribution in [2.75, 3.05) is 13.1 Å². The molecule has 0 aromatic carbocycles. The van der Waals surface area contributed by atoms with Crippen LogP contribution >= 0.6 is 0 Å². The number of nitriles is 1. The summed E-state index contributed by atoms with van der Waals surface area (Å²) >= 11 is 0. The fraction of sp³-hybridized carbons (Fsp3) is 0.444. The zero-order valence-corrected chi connectivity index (χ0v) is 7.18. The van der Waals surface area contributed by atoms with E-state index in [1.165, 1.54) is 0 Å². The van der Waals surface area contributed by atoms with Crippen LogP contribution in [0.3, 0.4) is 0 Å². The Bertz CT molecular complexity index is 308. The van der Waals surface area contributed by atoms with Gasteiger partial charge in [-0.05, 0) is 12.1 Å². The zero-order valence-electron chi connectivity index (χ0n) is 7.18. The number of hydrogen-bond acceptors (Lipinski definition) is 4. The molecular formula is C9H11N3O. The Morgan fingerprint density at radius 1 is 1.69 bits per heavy atom. The Labute approximate surface area is 76.5 Å². The molecule has 0 spiro atoms. The average Bonchev–Trinajstić information content (AvgIpc) is 2.55. The van der Waals surface area contributed by atoms with E-state index >= 15 is 0 Å². The fourth-order valence-corrected chi connectivity index (χ4v) is 1.53.